The van der Waals surface area contributed by atoms with Crippen LogP contribution >= 0.6 is 0 Å². The Balaban J connectivity index is 2.06. The Morgan fingerprint density at radius 1 is 1.11 bits per heavy atom. The molecule has 0 radical (unpaired) electrons. The summed E-state index contributed by atoms with van der Waals surface area (Å²) in [6.07, 6.45) is 1.54. The van der Waals surface area contributed by atoms with Crippen LogP contribution in [-0.2, 0) is 4.79 Å². The van der Waals surface area contributed by atoms with Gasteiger partial charge in [-0.05, 0) is 25.1 Å². The number of para-hydroxylation sites is 1. The number of amides is 1. The van der Waals surface area contributed by atoms with E-state index < -0.39 is 4.92 Å². The SMILES string of the molecule is COc1cc(OC)c([N+](=O)[O-])cc1/C=C1/C(=O)N(c2ccccc2)N=C1C. The van der Waals surface area contributed by atoms with Crippen LogP contribution in [0.1, 0.15) is 12.5 Å². The number of benzene rings is 2. The van der Waals surface area contributed by atoms with Gasteiger partial charge in [-0.1, -0.05) is 18.2 Å². The molecule has 1 amide bonds. The van der Waals surface area contributed by atoms with E-state index in [-0.39, 0.29) is 17.3 Å². The van der Waals surface area contributed by atoms with E-state index in [0.717, 1.165) is 0 Å². The number of nitrogens with zero attached hydrogens (tertiary/aromatic N) is 3. The summed E-state index contributed by atoms with van der Waals surface area (Å²) >= 11 is 0. The predicted molar refractivity (Wildman–Crippen MR) is 101 cm³/mol. The second kappa shape index (κ2) is 7.28. The van der Waals surface area contributed by atoms with Crippen molar-refractivity contribution in [2.45, 2.75) is 6.92 Å². The van der Waals surface area contributed by atoms with Crippen molar-refractivity contribution in [3.8, 4) is 11.5 Å². The van der Waals surface area contributed by atoms with Gasteiger partial charge in [0, 0.05) is 17.7 Å². The van der Waals surface area contributed by atoms with Crippen LogP contribution in [0, 0.1) is 10.1 Å². The number of anilines is 1. The molecule has 2 aromatic carbocycles. The van der Waals surface area contributed by atoms with Gasteiger partial charge in [-0.25, -0.2) is 0 Å². The van der Waals surface area contributed by atoms with Gasteiger partial charge < -0.3 is 9.47 Å². The van der Waals surface area contributed by atoms with Crippen molar-refractivity contribution in [2.75, 3.05) is 19.2 Å². The third kappa shape index (κ3) is 3.37. The van der Waals surface area contributed by atoms with Crippen LogP contribution in [0.3, 0.4) is 0 Å². The Bertz CT molecular complexity index is 967. The van der Waals surface area contributed by atoms with Crippen LogP contribution in [-0.4, -0.2) is 30.8 Å². The molecule has 27 heavy (non-hydrogen) atoms. The molecule has 0 N–H and O–H groups in total. The summed E-state index contributed by atoms with van der Waals surface area (Å²) in [5.74, 6) is 0.107. The van der Waals surface area contributed by atoms with E-state index in [1.807, 2.05) is 18.2 Å². The Morgan fingerprint density at radius 2 is 1.78 bits per heavy atom. The van der Waals surface area contributed by atoms with Gasteiger partial charge in [0.05, 0.1) is 36.1 Å². The normalized spacial score (nSPS) is 15.1. The minimum Gasteiger partial charge on any atom is -0.496 e. The Kier molecular flexibility index (Phi) is 4.89. The number of nitro benzene ring substituents is 1. The molecule has 1 aliphatic heterocycles. The number of nitro groups is 1. The summed E-state index contributed by atoms with van der Waals surface area (Å²) in [7, 11) is 2.78. The summed E-state index contributed by atoms with van der Waals surface area (Å²) in [5.41, 5.74) is 1.64. The average Bonchev–Trinajstić information content (AvgIpc) is 2.96. The number of carbonyl (C=O) groups is 1. The second-order valence-corrected chi connectivity index (χ2v) is 5.72. The molecule has 0 aromatic heterocycles. The molecule has 0 unspecified atom stereocenters. The van der Waals surface area contributed by atoms with Crippen LogP contribution in [0.4, 0.5) is 11.4 Å². The first-order valence-electron chi connectivity index (χ1n) is 8.03. The zero-order chi connectivity index (χ0) is 19.6. The van der Waals surface area contributed by atoms with E-state index in [9.17, 15) is 14.9 Å². The fraction of sp³-hybridized carbons (Fsp3) is 0.158. The maximum absolute atomic E-state index is 12.8. The summed E-state index contributed by atoms with van der Waals surface area (Å²) in [6.45, 7) is 1.71. The maximum atomic E-state index is 12.8. The summed E-state index contributed by atoms with van der Waals surface area (Å²) in [4.78, 5) is 23.6. The molecule has 138 valence electrons. The van der Waals surface area contributed by atoms with E-state index in [0.29, 0.717) is 28.3 Å². The predicted octanol–water partition coefficient (Wildman–Crippen LogP) is 3.42. The highest BCUT2D eigenvalue weighted by molar-refractivity contribution is 6.32. The highest BCUT2D eigenvalue weighted by Gasteiger charge is 2.29. The molecule has 0 bridgehead atoms. The number of hydrazone groups is 1. The molecule has 0 saturated heterocycles. The monoisotopic (exact) mass is 367 g/mol. The third-order valence-corrected chi connectivity index (χ3v) is 4.09. The zero-order valence-corrected chi connectivity index (χ0v) is 15.0. The zero-order valence-electron chi connectivity index (χ0n) is 15.0. The van der Waals surface area contributed by atoms with Crippen LogP contribution in [0.25, 0.3) is 6.08 Å². The van der Waals surface area contributed by atoms with Gasteiger partial charge in [0.2, 0.25) is 5.75 Å². The molecule has 0 atom stereocenters. The van der Waals surface area contributed by atoms with Crippen molar-refractivity contribution in [1.29, 1.82) is 0 Å². The lowest BCUT2D eigenvalue weighted by Gasteiger charge is -2.11. The molecule has 1 aliphatic rings. The van der Waals surface area contributed by atoms with Gasteiger partial charge in [-0.15, -0.1) is 0 Å². The van der Waals surface area contributed by atoms with Crippen LogP contribution < -0.4 is 14.5 Å². The summed E-state index contributed by atoms with van der Waals surface area (Å²) < 4.78 is 10.4. The van der Waals surface area contributed by atoms with Gasteiger partial charge >= 0.3 is 5.69 Å². The van der Waals surface area contributed by atoms with E-state index >= 15 is 0 Å². The number of hydrogen-bond donors (Lipinski definition) is 0. The summed E-state index contributed by atoms with van der Waals surface area (Å²) in [5, 5.41) is 16.9. The first-order chi connectivity index (χ1) is 13.0. The first kappa shape index (κ1) is 18.1. The standard InChI is InChI=1S/C19H17N3O5/c1-12-15(19(23)21(20-12)14-7-5-4-6-8-14)9-13-10-16(22(24)25)18(27-3)11-17(13)26-2/h4-11H,1-3H3/b15-9+. The van der Waals surface area contributed by atoms with Gasteiger partial charge in [-0.2, -0.15) is 10.1 Å². The molecule has 1 heterocycles. The van der Waals surface area contributed by atoms with Crippen LogP contribution in [0.15, 0.2) is 53.1 Å². The van der Waals surface area contributed by atoms with E-state index in [1.54, 1.807) is 19.1 Å². The number of methoxy groups -OCH3 is 2. The lowest BCUT2D eigenvalue weighted by Crippen LogP contribution is -2.21. The molecular formula is C19H17N3O5. The largest absolute Gasteiger partial charge is 0.496 e. The van der Waals surface area contributed by atoms with Crippen molar-refractivity contribution in [3.63, 3.8) is 0 Å². The van der Waals surface area contributed by atoms with Gasteiger partial charge in [-0.3, -0.25) is 14.9 Å². The van der Waals surface area contributed by atoms with Crippen molar-refractivity contribution < 1.29 is 19.2 Å². The van der Waals surface area contributed by atoms with Gasteiger partial charge in [0.1, 0.15) is 5.75 Å². The topological polar surface area (TPSA) is 94.3 Å². The van der Waals surface area contributed by atoms with Crippen molar-refractivity contribution in [3.05, 3.63) is 63.7 Å². The first-order valence-corrected chi connectivity index (χ1v) is 8.03. The Labute approximate surface area is 155 Å². The number of hydrogen-bond acceptors (Lipinski definition) is 6. The van der Waals surface area contributed by atoms with Crippen LogP contribution in [0.2, 0.25) is 0 Å². The highest BCUT2D eigenvalue weighted by Crippen LogP contribution is 2.36. The van der Waals surface area contributed by atoms with Crippen LogP contribution in [0.5, 0.6) is 11.5 Å². The van der Waals surface area contributed by atoms with E-state index in [4.69, 9.17) is 9.47 Å². The summed E-state index contributed by atoms with van der Waals surface area (Å²) in [6, 6.07) is 11.8. The molecule has 8 nitrogen and oxygen atoms in total. The fourth-order valence-electron chi connectivity index (χ4n) is 2.75. The molecule has 0 fully saturated rings. The molecule has 3 rings (SSSR count). The van der Waals surface area contributed by atoms with Crippen molar-refractivity contribution in [1.82, 2.24) is 0 Å². The van der Waals surface area contributed by atoms with E-state index in [1.165, 1.54) is 37.4 Å². The van der Waals surface area contributed by atoms with E-state index in [2.05, 4.69) is 5.10 Å². The smallest absolute Gasteiger partial charge is 0.311 e. The number of ether oxygens (including phenoxy) is 2. The molecule has 8 heteroatoms. The molecule has 2 aromatic rings. The molecule has 0 saturated carbocycles. The number of carbonyl (C=O) groups excluding carboxylic acids is 1. The molecule has 0 aliphatic carbocycles. The lowest BCUT2D eigenvalue weighted by atomic mass is 10.1. The van der Waals surface area contributed by atoms with Crippen molar-refractivity contribution >= 4 is 29.1 Å². The Hall–Kier alpha value is -3.68. The quantitative estimate of drug-likeness (QED) is 0.458. The maximum Gasteiger partial charge on any atom is 0.311 e. The molecular weight excluding hydrogens is 350 g/mol. The lowest BCUT2D eigenvalue weighted by molar-refractivity contribution is -0.385. The van der Waals surface area contributed by atoms with Gasteiger partial charge in [0.25, 0.3) is 5.91 Å². The van der Waals surface area contributed by atoms with Crippen molar-refractivity contribution in [2.24, 2.45) is 5.10 Å². The third-order valence-electron chi connectivity index (χ3n) is 4.09. The minimum atomic E-state index is -0.548. The minimum absolute atomic E-state index is 0.0769. The molecule has 0 spiro atoms. The fourth-order valence-corrected chi connectivity index (χ4v) is 2.75. The second-order valence-electron chi connectivity index (χ2n) is 5.72. The van der Waals surface area contributed by atoms with Gasteiger partial charge in [0.15, 0.2) is 0 Å². The Morgan fingerprint density at radius 3 is 2.37 bits per heavy atom. The number of rotatable bonds is 5. The highest BCUT2D eigenvalue weighted by atomic mass is 16.6. The average molecular weight is 367 g/mol.